The van der Waals surface area contributed by atoms with Crippen molar-refractivity contribution in [1.82, 2.24) is 0 Å². The molecule has 0 saturated carbocycles. The summed E-state index contributed by atoms with van der Waals surface area (Å²) in [6, 6.07) is 9.91. The molecule has 16 heavy (non-hydrogen) atoms. The molecule has 0 radical (unpaired) electrons. The summed E-state index contributed by atoms with van der Waals surface area (Å²) in [6.45, 7) is 7.21. The maximum Gasteiger partial charge on any atom is 0.130 e. The minimum Gasteiger partial charge on any atom is -0.492 e. The maximum absolute atomic E-state index is 9.88. The molecular formula is C14H20O2. The Bertz CT molecular complexity index is 345. The number of hydrogen-bond donors (Lipinski definition) is 1. The van der Waals surface area contributed by atoms with Crippen molar-refractivity contribution in [1.29, 1.82) is 0 Å². The van der Waals surface area contributed by atoms with Crippen molar-refractivity contribution in [2.75, 3.05) is 0 Å². The zero-order valence-electron chi connectivity index (χ0n) is 10.4. The summed E-state index contributed by atoms with van der Waals surface area (Å²) < 4.78 is 5.57. The molecule has 1 aromatic rings. The van der Waals surface area contributed by atoms with Gasteiger partial charge < -0.3 is 9.84 Å². The fourth-order valence-electron chi connectivity index (χ4n) is 0.991. The largest absolute Gasteiger partial charge is 0.492 e. The van der Waals surface area contributed by atoms with Crippen LogP contribution in [0, 0.1) is 0 Å². The second-order valence-corrected chi connectivity index (χ2v) is 4.90. The SMILES string of the molecule is CC(C)(O)C(C)(C)OC=Cc1ccccc1. The Kier molecular flexibility index (Phi) is 3.76. The number of ether oxygens (including phenoxy) is 1. The first-order chi connectivity index (χ1) is 7.33. The average molecular weight is 220 g/mol. The van der Waals surface area contributed by atoms with Crippen LogP contribution in [0.2, 0.25) is 0 Å². The van der Waals surface area contributed by atoms with Crippen molar-refractivity contribution >= 4 is 6.08 Å². The molecule has 0 saturated heterocycles. The lowest BCUT2D eigenvalue weighted by molar-refractivity contribution is -0.113. The van der Waals surface area contributed by atoms with Crippen molar-refractivity contribution in [3.8, 4) is 0 Å². The smallest absolute Gasteiger partial charge is 0.130 e. The normalized spacial score (nSPS) is 13.1. The fraction of sp³-hybridized carbons (Fsp3) is 0.429. The van der Waals surface area contributed by atoms with E-state index in [0.29, 0.717) is 0 Å². The zero-order valence-corrected chi connectivity index (χ0v) is 10.4. The van der Waals surface area contributed by atoms with E-state index in [1.165, 1.54) is 0 Å². The molecule has 2 heteroatoms. The highest BCUT2D eigenvalue weighted by Gasteiger charge is 2.36. The third-order valence-electron chi connectivity index (χ3n) is 2.90. The molecule has 0 heterocycles. The van der Waals surface area contributed by atoms with E-state index < -0.39 is 11.2 Å². The molecule has 0 aliphatic heterocycles. The number of aliphatic hydroxyl groups is 1. The summed E-state index contributed by atoms with van der Waals surface area (Å²) in [5, 5.41) is 9.88. The van der Waals surface area contributed by atoms with Gasteiger partial charge in [-0.1, -0.05) is 30.3 Å². The second kappa shape index (κ2) is 4.71. The monoisotopic (exact) mass is 220 g/mol. The third-order valence-corrected chi connectivity index (χ3v) is 2.90. The van der Waals surface area contributed by atoms with Gasteiger partial charge in [0.15, 0.2) is 0 Å². The van der Waals surface area contributed by atoms with Crippen molar-refractivity contribution in [3.63, 3.8) is 0 Å². The molecule has 0 aliphatic rings. The molecule has 0 unspecified atom stereocenters. The van der Waals surface area contributed by atoms with Crippen LogP contribution >= 0.6 is 0 Å². The predicted molar refractivity (Wildman–Crippen MR) is 66.9 cm³/mol. The Morgan fingerprint density at radius 2 is 1.62 bits per heavy atom. The molecule has 1 aromatic carbocycles. The highest BCUT2D eigenvalue weighted by atomic mass is 16.5. The van der Waals surface area contributed by atoms with E-state index in [0.717, 1.165) is 5.56 Å². The molecule has 0 amide bonds. The molecule has 0 bridgehead atoms. The first-order valence-electron chi connectivity index (χ1n) is 5.45. The van der Waals surface area contributed by atoms with Crippen LogP contribution in [0.15, 0.2) is 36.6 Å². The maximum atomic E-state index is 9.88. The number of hydrogen-bond acceptors (Lipinski definition) is 2. The topological polar surface area (TPSA) is 29.5 Å². The molecule has 0 fully saturated rings. The Morgan fingerprint density at radius 3 is 2.12 bits per heavy atom. The molecule has 2 nitrogen and oxygen atoms in total. The highest BCUT2D eigenvalue weighted by molar-refractivity contribution is 5.47. The lowest BCUT2D eigenvalue weighted by atomic mass is 9.90. The quantitative estimate of drug-likeness (QED) is 0.789. The van der Waals surface area contributed by atoms with Gasteiger partial charge in [0.1, 0.15) is 5.60 Å². The van der Waals surface area contributed by atoms with Crippen LogP contribution in [0.1, 0.15) is 33.3 Å². The fourth-order valence-corrected chi connectivity index (χ4v) is 0.991. The van der Waals surface area contributed by atoms with Gasteiger partial charge >= 0.3 is 0 Å². The summed E-state index contributed by atoms with van der Waals surface area (Å²) in [7, 11) is 0. The molecule has 1 N–H and O–H groups in total. The molecular weight excluding hydrogens is 200 g/mol. The first-order valence-corrected chi connectivity index (χ1v) is 5.45. The molecule has 0 aliphatic carbocycles. The minimum atomic E-state index is -0.881. The highest BCUT2D eigenvalue weighted by Crippen LogP contribution is 2.25. The summed E-state index contributed by atoms with van der Waals surface area (Å²) in [5.41, 5.74) is -0.416. The lowest BCUT2D eigenvalue weighted by Gasteiger charge is -2.36. The van der Waals surface area contributed by atoms with Gasteiger partial charge in [0.2, 0.25) is 0 Å². The molecule has 0 spiro atoms. The van der Waals surface area contributed by atoms with E-state index >= 15 is 0 Å². The van der Waals surface area contributed by atoms with E-state index in [1.807, 2.05) is 50.3 Å². The van der Waals surface area contributed by atoms with Crippen LogP contribution in [0.4, 0.5) is 0 Å². The van der Waals surface area contributed by atoms with Crippen molar-refractivity contribution in [3.05, 3.63) is 42.2 Å². The van der Waals surface area contributed by atoms with Gasteiger partial charge in [0, 0.05) is 0 Å². The first kappa shape index (κ1) is 12.8. The van der Waals surface area contributed by atoms with Crippen LogP contribution in [-0.2, 0) is 4.74 Å². The standard InChI is InChI=1S/C14H20O2/c1-13(2,15)14(3,4)16-11-10-12-8-6-5-7-9-12/h5-11,15H,1-4H3. The van der Waals surface area contributed by atoms with Crippen LogP contribution in [0.25, 0.3) is 6.08 Å². The molecule has 1 rings (SSSR count). The van der Waals surface area contributed by atoms with Gasteiger partial charge in [0.05, 0.1) is 11.9 Å². The van der Waals surface area contributed by atoms with Gasteiger partial charge in [0.25, 0.3) is 0 Å². The van der Waals surface area contributed by atoms with Gasteiger partial charge in [-0.05, 0) is 39.3 Å². The number of benzene rings is 1. The van der Waals surface area contributed by atoms with E-state index in [4.69, 9.17) is 4.74 Å². The molecule has 0 aromatic heterocycles. The minimum absolute atomic E-state index is 0.613. The Balaban J connectivity index is 2.62. The summed E-state index contributed by atoms with van der Waals surface area (Å²) in [4.78, 5) is 0. The average Bonchev–Trinajstić information content (AvgIpc) is 2.17. The third kappa shape index (κ3) is 3.38. The lowest BCUT2D eigenvalue weighted by Crippen LogP contribution is -2.46. The van der Waals surface area contributed by atoms with Gasteiger partial charge in [-0.2, -0.15) is 0 Å². The zero-order chi connectivity index (χ0) is 12.2. The van der Waals surface area contributed by atoms with Gasteiger partial charge in [-0.15, -0.1) is 0 Å². The molecule has 0 atom stereocenters. The van der Waals surface area contributed by atoms with E-state index in [9.17, 15) is 5.11 Å². The van der Waals surface area contributed by atoms with E-state index in [-0.39, 0.29) is 0 Å². The van der Waals surface area contributed by atoms with Crippen LogP contribution < -0.4 is 0 Å². The van der Waals surface area contributed by atoms with Crippen molar-refractivity contribution in [2.45, 2.75) is 38.9 Å². The van der Waals surface area contributed by atoms with E-state index in [2.05, 4.69) is 0 Å². The Morgan fingerprint density at radius 1 is 1.06 bits per heavy atom. The Hall–Kier alpha value is -1.28. The summed E-state index contributed by atoms with van der Waals surface area (Å²) in [6.07, 6.45) is 3.51. The van der Waals surface area contributed by atoms with E-state index in [1.54, 1.807) is 20.1 Å². The number of rotatable bonds is 4. The van der Waals surface area contributed by atoms with Crippen LogP contribution in [0.5, 0.6) is 0 Å². The summed E-state index contributed by atoms with van der Waals surface area (Å²) >= 11 is 0. The van der Waals surface area contributed by atoms with Crippen molar-refractivity contribution < 1.29 is 9.84 Å². The van der Waals surface area contributed by atoms with Gasteiger partial charge in [-0.25, -0.2) is 0 Å². The van der Waals surface area contributed by atoms with Crippen LogP contribution in [0.3, 0.4) is 0 Å². The van der Waals surface area contributed by atoms with Crippen LogP contribution in [-0.4, -0.2) is 16.3 Å². The summed E-state index contributed by atoms with van der Waals surface area (Å²) in [5.74, 6) is 0. The van der Waals surface area contributed by atoms with Gasteiger partial charge in [-0.3, -0.25) is 0 Å². The second-order valence-electron chi connectivity index (χ2n) is 4.90. The molecule has 88 valence electrons. The van der Waals surface area contributed by atoms with Crippen molar-refractivity contribution in [2.24, 2.45) is 0 Å². The Labute approximate surface area is 97.6 Å². The predicted octanol–water partition coefficient (Wildman–Crippen LogP) is 3.22.